The summed E-state index contributed by atoms with van der Waals surface area (Å²) < 4.78 is 0. The minimum atomic E-state index is 0.208. The molecule has 0 aliphatic heterocycles. The van der Waals surface area contributed by atoms with E-state index in [0.29, 0.717) is 18.3 Å². The lowest BCUT2D eigenvalue weighted by Gasteiger charge is -2.28. The van der Waals surface area contributed by atoms with Crippen molar-refractivity contribution in [2.45, 2.75) is 6.92 Å². The summed E-state index contributed by atoms with van der Waals surface area (Å²) in [6, 6.07) is 0. The van der Waals surface area contributed by atoms with Gasteiger partial charge in [-0.05, 0) is 26.6 Å². The van der Waals surface area contributed by atoms with Crippen LogP contribution in [0.3, 0.4) is 0 Å². The first-order valence-electron chi connectivity index (χ1n) is 3.80. The average molecular weight is 176 g/mol. The Labute approximate surface area is 72.6 Å². The second-order valence-electron chi connectivity index (χ2n) is 2.91. The Morgan fingerprint density at radius 2 is 1.92 bits per heavy atom. The maximum atomic E-state index is 10.5. The summed E-state index contributed by atoms with van der Waals surface area (Å²) in [6.07, 6.45) is 0. The van der Waals surface area contributed by atoms with Gasteiger partial charge in [0.2, 0.25) is 0 Å². The SMILES string of the molecule is CC(CNNN(C)[O-])CN(C)[O-]. The van der Waals surface area contributed by atoms with E-state index >= 15 is 0 Å². The topological polar surface area (TPSA) is 76.7 Å². The van der Waals surface area contributed by atoms with Gasteiger partial charge in [-0.1, -0.05) is 6.92 Å². The largest absolute Gasteiger partial charge is 0.785 e. The van der Waals surface area contributed by atoms with Crippen LogP contribution in [0.25, 0.3) is 0 Å². The Morgan fingerprint density at radius 3 is 2.33 bits per heavy atom. The normalized spacial score (nSPS) is 14.2. The van der Waals surface area contributed by atoms with E-state index in [4.69, 9.17) is 0 Å². The molecule has 0 fully saturated rings. The summed E-state index contributed by atoms with van der Waals surface area (Å²) in [5, 5.41) is 22.3. The Morgan fingerprint density at radius 1 is 1.33 bits per heavy atom. The molecule has 6 nitrogen and oxygen atoms in total. The Hall–Kier alpha value is -0.240. The van der Waals surface area contributed by atoms with E-state index in [1.165, 1.54) is 14.1 Å². The van der Waals surface area contributed by atoms with Crippen molar-refractivity contribution in [3.8, 4) is 0 Å². The number of hydrazine groups is 2. The number of hydroxylamine groups is 3. The van der Waals surface area contributed by atoms with Crippen LogP contribution in [0.1, 0.15) is 6.92 Å². The lowest BCUT2D eigenvalue weighted by atomic mass is 10.2. The van der Waals surface area contributed by atoms with Gasteiger partial charge in [-0.25, -0.2) is 11.0 Å². The summed E-state index contributed by atoms with van der Waals surface area (Å²) >= 11 is 0. The van der Waals surface area contributed by atoms with Crippen molar-refractivity contribution in [1.82, 2.24) is 21.2 Å². The molecule has 0 aromatic carbocycles. The van der Waals surface area contributed by atoms with Crippen LogP contribution in [0.4, 0.5) is 0 Å². The molecule has 1 unspecified atom stereocenters. The third-order valence-electron chi connectivity index (χ3n) is 1.26. The monoisotopic (exact) mass is 176 g/mol. The van der Waals surface area contributed by atoms with Gasteiger partial charge in [0, 0.05) is 6.54 Å². The number of nitrogens with one attached hydrogen (secondary N) is 2. The van der Waals surface area contributed by atoms with Crippen LogP contribution in [-0.2, 0) is 0 Å². The third-order valence-corrected chi connectivity index (χ3v) is 1.26. The molecular weight excluding hydrogens is 160 g/mol. The summed E-state index contributed by atoms with van der Waals surface area (Å²) in [5.41, 5.74) is 5.04. The molecule has 1 atom stereocenters. The minimum absolute atomic E-state index is 0.208. The molecule has 0 amide bonds. The maximum absolute atomic E-state index is 10.5. The van der Waals surface area contributed by atoms with Gasteiger partial charge >= 0.3 is 0 Å². The standard InChI is InChI=1S/C6H16N4O2/c1-6(5-9(2)11)4-7-8-10(3)12/h6-8H,4-5H2,1-3H3/q-2. The van der Waals surface area contributed by atoms with E-state index in [2.05, 4.69) is 11.0 Å². The first-order valence-corrected chi connectivity index (χ1v) is 3.80. The van der Waals surface area contributed by atoms with Gasteiger partial charge in [0.1, 0.15) is 0 Å². The van der Waals surface area contributed by atoms with Crippen LogP contribution in [0.15, 0.2) is 0 Å². The molecule has 2 N–H and O–H groups in total. The molecule has 0 spiro atoms. The van der Waals surface area contributed by atoms with Crippen LogP contribution in [0, 0.1) is 16.3 Å². The van der Waals surface area contributed by atoms with Crippen LogP contribution in [0.2, 0.25) is 0 Å². The summed E-state index contributed by atoms with van der Waals surface area (Å²) in [5.74, 6) is 0.208. The van der Waals surface area contributed by atoms with Gasteiger partial charge in [-0.3, -0.25) is 0 Å². The first-order chi connectivity index (χ1) is 5.52. The lowest BCUT2D eigenvalue weighted by molar-refractivity contribution is 0.245. The molecule has 0 aromatic rings. The molecule has 0 rings (SSSR count). The molecular formula is C6H16N4O2-2. The number of hydrogen-bond acceptors (Lipinski definition) is 6. The third kappa shape index (κ3) is 7.86. The summed E-state index contributed by atoms with van der Waals surface area (Å²) in [6.45, 7) is 2.96. The molecule has 0 radical (unpaired) electrons. The van der Waals surface area contributed by atoms with E-state index in [9.17, 15) is 10.4 Å². The van der Waals surface area contributed by atoms with Crippen molar-refractivity contribution in [1.29, 1.82) is 0 Å². The van der Waals surface area contributed by atoms with Gasteiger partial charge < -0.3 is 20.6 Å². The minimum Gasteiger partial charge on any atom is -0.785 e. The molecule has 6 heteroatoms. The van der Waals surface area contributed by atoms with Gasteiger partial charge in [-0.2, -0.15) is 0 Å². The molecule has 74 valence electrons. The fourth-order valence-corrected chi connectivity index (χ4v) is 0.835. The molecule has 0 saturated carbocycles. The number of nitrogens with zero attached hydrogens (tertiary/aromatic N) is 2. The van der Waals surface area contributed by atoms with Crippen molar-refractivity contribution in [3.63, 3.8) is 0 Å². The Bertz CT molecular complexity index is 110. The lowest BCUT2D eigenvalue weighted by Crippen LogP contribution is -2.44. The zero-order valence-corrected chi connectivity index (χ0v) is 7.70. The van der Waals surface area contributed by atoms with E-state index in [-0.39, 0.29) is 5.92 Å². The van der Waals surface area contributed by atoms with Crippen molar-refractivity contribution >= 4 is 0 Å². The van der Waals surface area contributed by atoms with E-state index in [1.807, 2.05) is 6.92 Å². The predicted molar refractivity (Wildman–Crippen MR) is 47.4 cm³/mol. The number of rotatable bonds is 6. The van der Waals surface area contributed by atoms with Gasteiger partial charge in [0.25, 0.3) is 0 Å². The highest BCUT2D eigenvalue weighted by Crippen LogP contribution is 1.93. The van der Waals surface area contributed by atoms with E-state index in [0.717, 1.165) is 5.06 Å². The molecule has 0 heterocycles. The van der Waals surface area contributed by atoms with Gasteiger partial charge in [0.15, 0.2) is 0 Å². The predicted octanol–water partition coefficient (Wildman–Crippen LogP) is -0.509. The van der Waals surface area contributed by atoms with Crippen LogP contribution < -0.4 is 11.0 Å². The second-order valence-corrected chi connectivity index (χ2v) is 2.91. The van der Waals surface area contributed by atoms with Crippen molar-refractivity contribution in [3.05, 3.63) is 10.4 Å². The van der Waals surface area contributed by atoms with Crippen LogP contribution in [-0.4, -0.2) is 37.4 Å². The summed E-state index contributed by atoms with van der Waals surface area (Å²) in [7, 11) is 2.82. The fourth-order valence-electron chi connectivity index (χ4n) is 0.835. The van der Waals surface area contributed by atoms with Crippen LogP contribution >= 0.6 is 0 Å². The quantitative estimate of drug-likeness (QED) is 0.531. The van der Waals surface area contributed by atoms with E-state index in [1.54, 1.807) is 0 Å². The average Bonchev–Trinajstić information content (AvgIpc) is 1.84. The maximum Gasteiger partial charge on any atom is 0.0150 e. The molecule has 0 aliphatic rings. The molecule has 0 bridgehead atoms. The van der Waals surface area contributed by atoms with Crippen molar-refractivity contribution in [2.75, 3.05) is 27.2 Å². The first kappa shape index (κ1) is 11.8. The summed E-state index contributed by atoms with van der Waals surface area (Å²) in [4.78, 5) is 0. The highest BCUT2D eigenvalue weighted by Gasteiger charge is 1.99. The Balaban J connectivity index is 3.25. The van der Waals surface area contributed by atoms with Gasteiger partial charge in [-0.15, -0.1) is 0 Å². The van der Waals surface area contributed by atoms with Crippen molar-refractivity contribution in [2.24, 2.45) is 5.92 Å². The van der Waals surface area contributed by atoms with Crippen molar-refractivity contribution < 1.29 is 0 Å². The van der Waals surface area contributed by atoms with Gasteiger partial charge in [0.05, 0.1) is 0 Å². The Kier molecular flexibility index (Phi) is 6.17. The second kappa shape index (κ2) is 6.30. The number of hydrogen-bond donors (Lipinski definition) is 2. The van der Waals surface area contributed by atoms with Crippen LogP contribution in [0.5, 0.6) is 0 Å². The zero-order chi connectivity index (χ0) is 9.56. The fraction of sp³-hybridized carbons (Fsp3) is 1.00. The van der Waals surface area contributed by atoms with E-state index < -0.39 is 0 Å². The molecule has 0 saturated heterocycles. The highest BCUT2D eigenvalue weighted by molar-refractivity contribution is 4.59. The molecule has 12 heavy (non-hydrogen) atoms. The smallest absolute Gasteiger partial charge is 0.0150 e. The molecule has 0 aromatic heterocycles. The molecule has 0 aliphatic carbocycles. The highest BCUT2D eigenvalue weighted by atomic mass is 16.5. The zero-order valence-electron chi connectivity index (χ0n) is 7.70.